The zero-order valence-corrected chi connectivity index (χ0v) is 23.3. The summed E-state index contributed by atoms with van der Waals surface area (Å²) >= 11 is 0. The summed E-state index contributed by atoms with van der Waals surface area (Å²) in [6.45, 7) is 7.07. The molecule has 1 aliphatic carbocycles. The maximum atomic E-state index is 15.1. The number of carbonyl (C=O) groups excluding carboxylic acids is 1. The van der Waals surface area contributed by atoms with Crippen LogP contribution in [-0.2, 0) is 23.7 Å². The Kier molecular flexibility index (Phi) is 12.5. The van der Waals surface area contributed by atoms with Crippen molar-refractivity contribution in [2.24, 2.45) is 5.10 Å². The van der Waals surface area contributed by atoms with E-state index < -0.39 is 11.7 Å². The molecule has 0 spiro atoms. The van der Waals surface area contributed by atoms with Gasteiger partial charge in [0.15, 0.2) is 11.5 Å². The Morgan fingerprint density at radius 1 is 1.00 bits per heavy atom. The van der Waals surface area contributed by atoms with Crippen LogP contribution in [0, 0.1) is 12.7 Å². The average Bonchev–Trinajstić information content (AvgIpc) is 3.14. The monoisotopic (exact) mass is 546 g/mol. The molecular formula is C29H39FN2O7. The molecule has 0 unspecified atom stereocenters. The van der Waals surface area contributed by atoms with E-state index in [9.17, 15) is 4.79 Å². The van der Waals surface area contributed by atoms with E-state index in [0.29, 0.717) is 75.4 Å². The fraction of sp³-hybridized carbons (Fsp3) is 0.517. The van der Waals surface area contributed by atoms with Gasteiger partial charge in [0, 0.05) is 19.7 Å². The number of aryl methyl sites for hydroxylation is 1. The van der Waals surface area contributed by atoms with E-state index in [-0.39, 0.29) is 12.2 Å². The Morgan fingerprint density at radius 2 is 1.74 bits per heavy atom. The van der Waals surface area contributed by atoms with E-state index in [4.69, 9.17) is 28.4 Å². The predicted molar refractivity (Wildman–Crippen MR) is 145 cm³/mol. The molecule has 9 nitrogen and oxygen atoms in total. The number of allylic oxidation sites excluding steroid dienone is 4. The largest absolute Gasteiger partial charge is 0.493 e. The second-order valence-corrected chi connectivity index (χ2v) is 8.87. The molecule has 0 saturated heterocycles. The number of methoxy groups -OCH3 is 2. The number of hydrogen-bond donors (Lipinski definition) is 0. The van der Waals surface area contributed by atoms with Gasteiger partial charge < -0.3 is 28.4 Å². The summed E-state index contributed by atoms with van der Waals surface area (Å²) < 4.78 is 47.5. The van der Waals surface area contributed by atoms with Crippen LogP contribution in [0.2, 0.25) is 0 Å². The third-order valence-electron chi connectivity index (χ3n) is 6.11. The molecule has 1 amide bonds. The minimum Gasteiger partial charge on any atom is -0.493 e. The van der Waals surface area contributed by atoms with Gasteiger partial charge in [-0.1, -0.05) is 6.08 Å². The van der Waals surface area contributed by atoms with Crippen LogP contribution < -0.4 is 4.74 Å². The molecule has 10 heteroatoms. The van der Waals surface area contributed by atoms with Gasteiger partial charge in [-0.25, -0.2) is 9.40 Å². The maximum Gasteiger partial charge on any atom is 0.277 e. The third-order valence-corrected chi connectivity index (χ3v) is 6.11. The first-order valence-corrected chi connectivity index (χ1v) is 13.2. The molecule has 1 aliphatic heterocycles. The van der Waals surface area contributed by atoms with Crippen molar-refractivity contribution >= 4 is 11.6 Å². The summed E-state index contributed by atoms with van der Waals surface area (Å²) in [6, 6.07) is 2.89. The highest BCUT2D eigenvalue weighted by Crippen LogP contribution is 2.27. The van der Waals surface area contributed by atoms with E-state index in [1.807, 2.05) is 25.2 Å². The van der Waals surface area contributed by atoms with Crippen LogP contribution in [0.25, 0.3) is 0 Å². The number of hydrazone groups is 1. The first-order valence-electron chi connectivity index (χ1n) is 13.2. The zero-order chi connectivity index (χ0) is 28.0. The molecule has 3 rings (SSSR count). The quantitative estimate of drug-likeness (QED) is 0.298. The highest BCUT2D eigenvalue weighted by Gasteiger charge is 2.26. The van der Waals surface area contributed by atoms with Crippen molar-refractivity contribution in [2.45, 2.75) is 33.1 Å². The number of hydrogen-bond acceptors (Lipinski definition) is 8. The lowest BCUT2D eigenvalue weighted by molar-refractivity contribution is 0.0179. The molecule has 39 heavy (non-hydrogen) atoms. The number of nitrogens with zero attached hydrogens (tertiary/aromatic N) is 2. The van der Waals surface area contributed by atoms with Gasteiger partial charge >= 0.3 is 0 Å². The van der Waals surface area contributed by atoms with Gasteiger partial charge in [0.25, 0.3) is 5.91 Å². The van der Waals surface area contributed by atoms with Gasteiger partial charge in [0.2, 0.25) is 0 Å². The highest BCUT2D eigenvalue weighted by atomic mass is 19.1. The first kappa shape index (κ1) is 30.3. The number of benzene rings is 1. The van der Waals surface area contributed by atoms with Gasteiger partial charge in [-0.15, -0.1) is 0 Å². The van der Waals surface area contributed by atoms with E-state index in [1.54, 1.807) is 27.2 Å². The van der Waals surface area contributed by atoms with Gasteiger partial charge in [0.1, 0.15) is 18.2 Å². The standard InChI is InChI=1S/C29H39FN2O7/c1-5-38-27-11-9-22(8-10-26(27)35-4)25-7-6-12-32(31-25)29(33)28-21(2)19-23(20-24(28)30)39-18-17-37-16-15-36-14-13-34-3/h8,10-11,19-20H,5-7,9,12-18H2,1-4H3. The molecule has 2 aliphatic rings. The number of amides is 1. The minimum atomic E-state index is -0.643. The molecule has 0 radical (unpaired) electrons. The van der Waals surface area contributed by atoms with Crippen molar-refractivity contribution in [2.75, 3.05) is 67.0 Å². The van der Waals surface area contributed by atoms with Crippen LogP contribution in [0.4, 0.5) is 4.39 Å². The number of carbonyl (C=O) groups is 1. The Bertz CT molecular complexity index is 1070. The van der Waals surface area contributed by atoms with Crippen LogP contribution in [0.1, 0.15) is 42.1 Å². The molecule has 1 aromatic rings. The Hall–Kier alpha value is -3.21. The smallest absolute Gasteiger partial charge is 0.277 e. The molecule has 214 valence electrons. The zero-order valence-electron chi connectivity index (χ0n) is 23.3. The Balaban J connectivity index is 1.61. The average molecular weight is 547 g/mol. The molecule has 0 aromatic heterocycles. The summed E-state index contributed by atoms with van der Waals surface area (Å²) in [7, 11) is 3.21. The number of ether oxygens (including phenoxy) is 6. The topological polar surface area (TPSA) is 88.1 Å². The lowest BCUT2D eigenvalue weighted by Crippen LogP contribution is -2.33. The van der Waals surface area contributed by atoms with Crippen LogP contribution in [0.3, 0.4) is 0 Å². The normalized spacial score (nSPS) is 15.6. The lowest BCUT2D eigenvalue weighted by atomic mass is 10.0. The summed E-state index contributed by atoms with van der Waals surface area (Å²) in [4.78, 5) is 13.3. The molecular weight excluding hydrogens is 507 g/mol. The van der Waals surface area contributed by atoms with Crippen molar-refractivity contribution in [1.82, 2.24) is 5.01 Å². The minimum absolute atomic E-state index is 0.00764. The van der Waals surface area contributed by atoms with E-state index in [2.05, 4.69) is 5.10 Å². The van der Waals surface area contributed by atoms with Crippen LogP contribution in [0.15, 0.2) is 52.6 Å². The van der Waals surface area contributed by atoms with Gasteiger partial charge in [-0.3, -0.25) is 4.79 Å². The van der Waals surface area contributed by atoms with Crippen LogP contribution in [0.5, 0.6) is 5.75 Å². The molecule has 0 saturated carbocycles. The molecule has 0 fully saturated rings. The van der Waals surface area contributed by atoms with Gasteiger partial charge in [-0.2, -0.15) is 5.10 Å². The predicted octanol–water partition coefficient (Wildman–Crippen LogP) is 4.57. The van der Waals surface area contributed by atoms with E-state index >= 15 is 4.39 Å². The fourth-order valence-electron chi connectivity index (χ4n) is 4.19. The lowest BCUT2D eigenvalue weighted by Gasteiger charge is -2.25. The second-order valence-electron chi connectivity index (χ2n) is 8.87. The summed E-state index contributed by atoms with van der Waals surface area (Å²) in [5.41, 5.74) is 2.22. The van der Waals surface area contributed by atoms with Crippen molar-refractivity contribution < 1.29 is 37.6 Å². The summed E-state index contributed by atoms with van der Waals surface area (Å²) in [6.07, 6.45) is 7.76. The molecule has 0 bridgehead atoms. The van der Waals surface area contributed by atoms with Crippen molar-refractivity contribution in [3.63, 3.8) is 0 Å². The van der Waals surface area contributed by atoms with Gasteiger partial charge in [-0.05, 0) is 62.5 Å². The molecule has 1 heterocycles. The van der Waals surface area contributed by atoms with Crippen molar-refractivity contribution in [3.05, 3.63) is 64.4 Å². The number of halogens is 1. The first-order chi connectivity index (χ1) is 19.0. The van der Waals surface area contributed by atoms with Gasteiger partial charge in [0.05, 0.1) is 58.0 Å². The SMILES string of the molecule is CCOC1=CCC(C2=NN(C(=O)c3c(C)cc(OCCOCCOCCOC)cc3F)CCC2)=CC=C1OC. The maximum absolute atomic E-state index is 15.1. The Morgan fingerprint density at radius 3 is 2.44 bits per heavy atom. The second kappa shape index (κ2) is 16.0. The molecule has 0 N–H and O–H groups in total. The summed E-state index contributed by atoms with van der Waals surface area (Å²) in [5.74, 6) is 0.531. The fourth-order valence-corrected chi connectivity index (χ4v) is 4.19. The number of rotatable bonds is 15. The third kappa shape index (κ3) is 8.91. The Labute approximate surface area is 229 Å². The van der Waals surface area contributed by atoms with Crippen molar-refractivity contribution in [3.8, 4) is 5.75 Å². The molecule has 1 aromatic carbocycles. The van der Waals surface area contributed by atoms with Crippen LogP contribution in [-0.4, -0.2) is 83.6 Å². The van der Waals surface area contributed by atoms with E-state index in [0.717, 1.165) is 24.1 Å². The van der Waals surface area contributed by atoms with Crippen molar-refractivity contribution in [1.29, 1.82) is 0 Å². The summed E-state index contributed by atoms with van der Waals surface area (Å²) in [5, 5.41) is 5.97. The molecule has 0 atom stereocenters. The highest BCUT2D eigenvalue weighted by molar-refractivity contribution is 6.03. The van der Waals surface area contributed by atoms with Crippen LogP contribution >= 0.6 is 0 Å². The van der Waals surface area contributed by atoms with E-state index in [1.165, 1.54) is 11.1 Å².